The van der Waals surface area contributed by atoms with Crippen LogP contribution >= 0.6 is 0 Å². The van der Waals surface area contributed by atoms with Gasteiger partial charge in [0.15, 0.2) is 0 Å². The Kier molecular flexibility index (Phi) is 11.2. The molecule has 11 heteroatoms. The number of nitrogens with zero attached hydrogens (tertiary/aromatic N) is 5. The van der Waals surface area contributed by atoms with Crippen LogP contribution in [0.3, 0.4) is 0 Å². The van der Waals surface area contributed by atoms with Gasteiger partial charge < -0.3 is 30.2 Å². The molecule has 0 spiro atoms. The zero-order chi connectivity index (χ0) is 33.6. The largest absolute Gasteiger partial charge is 0.426 e. The Bertz CT molecular complexity index is 1430. The van der Waals surface area contributed by atoms with E-state index >= 15 is 0 Å². The van der Waals surface area contributed by atoms with E-state index in [0.29, 0.717) is 58.0 Å². The van der Waals surface area contributed by atoms with E-state index in [1.54, 1.807) is 5.06 Å². The standard InChI is InChI=1S/C37H53N7O4/c1-4-28-11-10-27(24-29(28)5-2)25-34(35(45)42-16-12-31(13-17-42)41-22-20-40(3)21-23-41)39-37(47)48-43-18-14-32(15-19-43)44-26-30-8-6-7-9-33(30)38-36(44)46/h6-11,24,31-32,34H,4-5,12-23,25-26H2,1-3H3,(H,38,46)(H,39,47). The molecule has 1 unspecified atom stereocenters. The Morgan fingerprint density at radius 1 is 0.875 bits per heavy atom. The second-order valence-corrected chi connectivity index (χ2v) is 13.9. The van der Waals surface area contributed by atoms with Crippen LogP contribution in [0.25, 0.3) is 0 Å². The predicted molar refractivity (Wildman–Crippen MR) is 187 cm³/mol. The Labute approximate surface area is 285 Å². The maximum absolute atomic E-state index is 14.0. The van der Waals surface area contributed by atoms with Crippen molar-refractivity contribution in [2.24, 2.45) is 0 Å². The number of benzene rings is 2. The van der Waals surface area contributed by atoms with Crippen molar-refractivity contribution in [1.82, 2.24) is 30.0 Å². The Hall–Kier alpha value is -3.67. The number of carbonyl (C=O) groups excluding carboxylic acids is 3. The van der Waals surface area contributed by atoms with Gasteiger partial charge in [0.1, 0.15) is 6.04 Å². The van der Waals surface area contributed by atoms with E-state index in [1.165, 1.54) is 11.1 Å². The van der Waals surface area contributed by atoms with E-state index in [9.17, 15) is 14.4 Å². The zero-order valence-corrected chi connectivity index (χ0v) is 29.0. The van der Waals surface area contributed by atoms with Gasteiger partial charge in [-0.05, 0) is 73.9 Å². The number of urea groups is 1. The van der Waals surface area contributed by atoms with Gasteiger partial charge in [0.05, 0.1) is 0 Å². The number of likely N-dealkylation sites (tertiary alicyclic amines) is 1. The third-order valence-corrected chi connectivity index (χ3v) is 10.8. The van der Waals surface area contributed by atoms with Gasteiger partial charge in [0, 0.05) is 83.1 Å². The molecule has 0 radical (unpaired) electrons. The summed E-state index contributed by atoms with van der Waals surface area (Å²) >= 11 is 0. The topological polar surface area (TPSA) is 101 Å². The molecule has 3 fully saturated rings. The molecule has 11 nitrogen and oxygen atoms in total. The van der Waals surface area contributed by atoms with Crippen molar-refractivity contribution in [3.05, 3.63) is 64.7 Å². The Balaban J connectivity index is 1.06. The lowest BCUT2D eigenvalue weighted by molar-refractivity contribution is -0.137. The van der Waals surface area contributed by atoms with Gasteiger partial charge in [0.25, 0.3) is 0 Å². The summed E-state index contributed by atoms with van der Waals surface area (Å²) < 4.78 is 0. The lowest BCUT2D eigenvalue weighted by Crippen LogP contribution is -2.56. The molecule has 2 aromatic carbocycles. The van der Waals surface area contributed by atoms with Gasteiger partial charge in [-0.2, -0.15) is 0 Å². The minimum absolute atomic E-state index is 0.0449. The van der Waals surface area contributed by atoms with Crippen LogP contribution in [0.15, 0.2) is 42.5 Å². The van der Waals surface area contributed by atoms with E-state index in [-0.39, 0.29) is 18.0 Å². The van der Waals surface area contributed by atoms with Crippen LogP contribution < -0.4 is 10.6 Å². The first-order valence-electron chi connectivity index (χ1n) is 18.0. The molecule has 0 saturated carbocycles. The molecular weight excluding hydrogens is 606 g/mol. The van der Waals surface area contributed by atoms with Crippen LogP contribution in [-0.4, -0.2) is 120 Å². The van der Waals surface area contributed by atoms with Gasteiger partial charge >= 0.3 is 12.1 Å². The molecular formula is C37H53N7O4. The SMILES string of the molecule is CCc1ccc(CC(NC(=O)ON2CCC(N3Cc4ccccc4NC3=O)CC2)C(=O)N2CCC(N3CCN(C)CC3)CC2)cc1CC. The number of piperazine rings is 1. The van der Waals surface area contributed by atoms with Crippen molar-refractivity contribution in [2.45, 2.75) is 83.5 Å². The van der Waals surface area contributed by atoms with E-state index in [2.05, 4.69) is 59.5 Å². The van der Waals surface area contributed by atoms with Gasteiger partial charge in [-0.1, -0.05) is 50.2 Å². The Morgan fingerprint density at radius 2 is 1.56 bits per heavy atom. The molecule has 2 aromatic rings. The molecule has 4 aliphatic rings. The summed E-state index contributed by atoms with van der Waals surface area (Å²) in [5.41, 5.74) is 5.61. The number of likely N-dealkylation sites (N-methyl/N-ethyl adjacent to an activating group) is 1. The number of hydrogen-bond acceptors (Lipinski definition) is 7. The van der Waals surface area contributed by atoms with Crippen molar-refractivity contribution in [2.75, 3.05) is 64.7 Å². The molecule has 1 atom stereocenters. The van der Waals surface area contributed by atoms with Crippen LogP contribution in [0.1, 0.15) is 61.8 Å². The average Bonchev–Trinajstić information content (AvgIpc) is 3.11. The Morgan fingerprint density at radius 3 is 2.27 bits per heavy atom. The summed E-state index contributed by atoms with van der Waals surface area (Å²) in [5.74, 6) is -0.0449. The summed E-state index contributed by atoms with van der Waals surface area (Å²) in [6, 6.07) is 14.1. The third-order valence-electron chi connectivity index (χ3n) is 10.8. The zero-order valence-electron chi connectivity index (χ0n) is 29.0. The van der Waals surface area contributed by atoms with Gasteiger partial charge in [-0.15, -0.1) is 5.06 Å². The highest BCUT2D eigenvalue weighted by Gasteiger charge is 2.35. The number of carbonyl (C=O) groups is 3. The van der Waals surface area contributed by atoms with Crippen LogP contribution in [0, 0.1) is 0 Å². The molecule has 0 bridgehead atoms. The van der Waals surface area contributed by atoms with Crippen LogP contribution in [-0.2, 0) is 35.4 Å². The summed E-state index contributed by atoms with van der Waals surface area (Å²) in [5, 5.41) is 7.63. The number of aryl methyl sites for hydroxylation is 2. The van der Waals surface area contributed by atoms with E-state index in [0.717, 1.165) is 68.7 Å². The lowest BCUT2D eigenvalue weighted by Gasteiger charge is -2.42. The number of amides is 4. The fourth-order valence-corrected chi connectivity index (χ4v) is 7.82. The maximum Gasteiger partial charge on any atom is 0.426 e. The number of hydroxylamine groups is 2. The summed E-state index contributed by atoms with van der Waals surface area (Å²) in [7, 11) is 2.17. The maximum atomic E-state index is 14.0. The van der Waals surface area contributed by atoms with E-state index in [4.69, 9.17) is 4.84 Å². The highest BCUT2D eigenvalue weighted by atomic mass is 16.7. The fraction of sp³-hybridized carbons (Fsp3) is 0.595. The number of para-hydroxylation sites is 1. The summed E-state index contributed by atoms with van der Waals surface area (Å²) in [6.45, 7) is 11.6. The molecule has 260 valence electrons. The molecule has 3 saturated heterocycles. The van der Waals surface area contributed by atoms with Crippen molar-refractivity contribution < 1.29 is 19.2 Å². The highest BCUT2D eigenvalue weighted by Crippen LogP contribution is 2.28. The minimum Gasteiger partial charge on any atom is -0.351 e. The number of rotatable bonds is 9. The first-order chi connectivity index (χ1) is 23.3. The average molecular weight is 660 g/mol. The van der Waals surface area contributed by atoms with Crippen LogP contribution in [0.5, 0.6) is 0 Å². The predicted octanol–water partition coefficient (Wildman–Crippen LogP) is 4.11. The molecule has 0 aliphatic carbocycles. The van der Waals surface area contributed by atoms with Crippen molar-refractivity contribution in [3.63, 3.8) is 0 Å². The molecule has 4 aliphatic heterocycles. The van der Waals surface area contributed by atoms with Crippen LogP contribution in [0.4, 0.5) is 15.3 Å². The van der Waals surface area contributed by atoms with E-state index < -0.39 is 12.1 Å². The van der Waals surface area contributed by atoms with Gasteiger partial charge in [0.2, 0.25) is 5.91 Å². The molecule has 4 amide bonds. The second kappa shape index (κ2) is 15.7. The van der Waals surface area contributed by atoms with E-state index in [1.807, 2.05) is 34.1 Å². The molecule has 4 heterocycles. The van der Waals surface area contributed by atoms with Crippen molar-refractivity contribution >= 4 is 23.7 Å². The minimum atomic E-state index is -0.718. The highest BCUT2D eigenvalue weighted by molar-refractivity contribution is 5.92. The van der Waals surface area contributed by atoms with Crippen LogP contribution in [0.2, 0.25) is 0 Å². The quantitative estimate of drug-likeness (QED) is 0.418. The summed E-state index contributed by atoms with van der Waals surface area (Å²) in [6.07, 6.45) is 4.98. The number of piperidine rings is 2. The van der Waals surface area contributed by atoms with Gasteiger partial charge in [-0.25, -0.2) is 9.59 Å². The molecule has 6 rings (SSSR count). The summed E-state index contributed by atoms with van der Waals surface area (Å²) in [4.78, 5) is 54.8. The molecule has 48 heavy (non-hydrogen) atoms. The number of anilines is 1. The smallest absolute Gasteiger partial charge is 0.351 e. The monoisotopic (exact) mass is 659 g/mol. The second-order valence-electron chi connectivity index (χ2n) is 13.9. The molecule has 2 N–H and O–H groups in total. The molecule has 0 aromatic heterocycles. The first-order valence-corrected chi connectivity index (χ1v) is 18.0. The van der Waals surface area contributed by atoms with Crippen molar-refractivity contribution in [1.29, 1.82) is 0 Å². The van der Waals surface area contributed by atoms with Crippen molar-refractivity contribution in [3.8, 4) is 0 Å². The fourth-order valence-electron chi connectivity index (χ4n) is 7.82. The number of nitrogens with one attached hydrogen (secondary N) is 2. The lowest BCUT2D eigenvalue weighted by atomic mass is 9.96. The first kappa shape index (κ1) is 34.2. The van der Waals surface area contributed by atoms with Gasteiger partial charge in [-0.3, -0.25) is 9.69 Å². The third kappa shape index (κ3) is 8.13. The normalized spacial score (nSPS) is 21.0. The number of hydrogen-bond donors (Lipinski definition) is 2. The number of fused-ring (bicyclic) bond motifs is 1.